The van der Waals surface area contributed by atoms with Crippen LogP contribution >= 0.6 is 7.82 Å². The number of nitrogens with one attached hydrogen (secondary N) is 1. The lowest BCUT2D eigenvalue weighted by atomic mass is 10.1. The molecule has 0 aromatic heterocycles. The number of amides is 1. The van der Waals surface area contributed by atoms with E-state index in [0.717, 1.165) is 64.2 Å². The van der Waals surface area contributed by atoms with E-state index in [1.54, 1.807) is 6.08 Å². The molecule has 3 atom stereocenters. The van der Waals surface area contributed by atoms with Gasteiger partial charge in [0.15, 0.2) is 0 Å². The predicted octanol–water partition coefficient (Wildman–Crippen LogP) is 9.38. The summed E-state index contributed by atoms with van der Waals surface area (Å²) < 4.78 is 22.0. The van der Waals surface area contributed by atoms with Gasteiger partial charge in [-0.05, 0) is 64.2 Å². The zero-order valence-electron chi connectivity index (χ0n) is 29.3. The van der Waals surface area contributed by atoms with Crippen LogP contribution in [0.3, 0.4) is 0 Å². The molecule has 46 heavy (non-hydrogen) atoms. The summed E-state index contributed by atoms with van der Waals surface area (Å²) in [6.07, 6.45) is 38.7. The van der Waals surface area contributed by atoms with Crippen LogP contribution in [0.25, 0.3) is 0 Å². The lowest BCUT2D eigenvalue weighted by Gasteiger charge is -2.23. The molecule has 0 aromatic rings. The number of allylic oxidation sites excluding steroid dienone is 7. The van der Waals surface area contributed by atoms with Crippen LogP contribution in [0.4, 0.5) is 0 Å². The summed E-state index contributed by atoms with van der Waals surface area (Å²) in [6.45, 7) is 4.03. The van der Waals surface area contributed by atoms with Crippen molar-refractivity contribution in [2.24, 2.45) is 5.73 Å². The first-order valence-electron chi connectivity index (χ1n) is 18.3. The fraction of sp³-hybridized carbons (Fsp3) is 0.757. The van der Waals surface area contributed by atoms with Crippen molar-refractivity contribution in [3.63, 3.8) is 0 Å². The van der Waals surface area contributed by atoms with Crippen LogP contribution in [0.5, 0.6) is 0 Å². The summed E-state index contributed by atoms with van der Waals surface area (Å²) in [4.78, 5) is 22.5. The number of phosphoric ester groups is 1. The highest BCUT2D eigenvalue weighted by Crippen LogP contribution is 2.43. The molecule has 0 fully saturated rings. The molecule has 9 heteroatoms. The summed E-state index contributed by atoms with van der Waals surface area (Å²) in [6, 6.07) is -0.882. The molecular formula is C37H69N2O6P. The van der Waals surface area contributed by atoms with Crippen molar-refractivity contribution in [1.29, 1.82) is 0 Å². The molecule has 0 aliphatic carbocycles. The molecule has 0 rings (SSSR count). The fourth-order valence-corrected chi connectivity index (χ4v) is 5.58. The second-order valence-corrected chi connectivity index (χ2v) is 13.5. The number of hydrogen-bond donors (Lipinski definition) is 4. The third-order valence-electron chi connectivity index (χ3n) is 7.63. The minimum absolute atomic E-state index is 0.0698. The van der Waals surface area contributed by atoms with E-state index in [1.165, 1.54) is 64.2 Å². The predicted molar refractivity (Wildman–Crippen MR) is 194 cm³/mol. The van der Waals surface area contributed by atoms with Gasteiger partial charge in [0, 0.05) is 13.0 Å². The Bertz CT molecular complexity index is 861. The zero-order chi connectivity index (χ0) is 34.0. The molecule has 268 valence electrons. The number of aliphatic hydroxyl groups is 1. The number of carbonyl (C=O) groups excluding carboxylic acids is 1. The minimum atomic E-state index is -4.34. The van der Waals surface area contributed by atoms with Crippen LogP contribution in [-0.4, -0.2) is 47.8 Å². The van der Waals surface area contributed by atoms with Crippen molar-refractivity contribution < 1.29 is 28.4 Å². The molecule has 0 saturated carbocycles. The van der Waals surface area contributed by atoms with Gasteiger partial charge in [0.2, 0.25) is 5.91 Å². The van der Waals surface area contributed by atoms with Crippen LogP contribution in [-0.2, 0) is 18.4 Å². The SMILES string of the molecule is CCCCCC/C=C\C/C=C\CCCCCCCC(=O)NC(COP(=O)(O)OCCN)C(O)/C=C/CC/C=C/CCCCCCC. The summed E-state index contributed by atoms with van der Waals surface area (Å²) in [5.74, 6) is -0.222. The van der Waals surface area contributed by atoms with Gasteiger partial charge in [-0.3, -0.25) is 13.8 Å². The molecular weight excluding hydrogens is 599 g/mol. The highest BCUT2D eigenvalue weighted by Gasteiger charge is 2.26. The van der Waals surface area contributed by atoms with Gasteiger partial charge in [-0.15, -0.1) is 0 Å². The minimum Gasteiger partial charge on any atom is -0.387 e. The van der Waals surface area contributed by atoms with Crippen LogP contribution < -0.4 is 11.1 Å². The van der Waals surface area contributed by atoms with Crippen molar-refractivity contribution >= 4 is 13.7 Å². The second-order valence-electron chi connectivity index (χ2n) is 12.1. The lowest BCUT2D eigenvalue weighted by Crippen LogP contribution is -2.45. The first kappa shape index (κ1) is 44.5. The monoisotopic (exact) mass is 668 g/mol. The second kappa shape index (κ2) is 33.4. The van der Waals surface area contributed by atoms with Crippen LogP contribution in [0, 0.1) is 0 Å². The molecule has 0 radical (unpaired) electrons. The molecule has 8 nitrogen and oxygen atoms in total. The smallest absolute Gasteiger partial charge is 0.387 e. The van der Waals surface area contributed by atoms with E-state index < -0.39 is 20.0 Å². The Balaban J connectivity index is 4.40. The van der Waals surface area contributed by atoms with Gasteiger partial charge in [0.25, 0.3) is 0 Å². The van der Waals surface area contributed by atoms with E-state index in [0.29, 0.717) is 6.42 Å². The fourth-order valence-electron chi connectivity index (χ4n) is 4.82. The molecule has 0 aliphatic heterocycles. The Kier molecular flexibility index (Phi) is 32.2. The molecule has 0 saturated heterocycles. The van der Waals surface area contributed by atoms with Crippen molar-refractivity contribution in [3.05, 3.63) is 48.6 Å². The van der Waals surface area contributed by atoms with Gasteiger partial charge < -0.3 is 21.1 Å². The Hall–Kier alpha value is -1.54. The molecule has 1 amide bonds. The van der Waals surface area contributed by atoms with E-state index in [-0.39, 0.29) is 25.7 Å². The number of hydrogen-bond acceptors (Lipinski definition) is 6. The van der Waals surface area contributed by atoms with E-state index in [1.807, 2.05) is 6.08 Å². The molecule has 0 bridgehead atoms. The van der Waals surface area contributed by atoms with Crippen LogP contribution in [0.2, 0.25) is 0 Å². The topological polar surface area (TPSA) is 131 Å². The van der Waals surface area contributed by atoms with Crippen molar-refractivity contribution in [1.82, 2.24) is 5.32 Å². The zero-order valence-corrected chi connectivity index (χ0v) is 30.2. The normalized spacial score (nSPS) is 15.0. The van der Waals surface area contributed by atoms with E-state index in [4.69, 9.17) is 14.8 Å². The number of carbonyl (C=O) groups is 1. The van der Waals surface area contributed by atoms with Gasteiger partial charge in [-0.25, -0.2) is 4.57 Å². The van der Waals surface area contributed by atoms with E-state index in [2.05, 4.69) is 55.6 Å². The maximum absolute atomic E-state index is 12.7. The van der Waals surface area contributed by atoms with Crippen molar-refractivity contribution in [2.75, 3.05) is 19.8 Å². The van der Waals surface area contributed by atoms with Gasteiger partial charge in [0.05, 0.1) is 25.4 Å². The molecule has 0 heterocycles. The van der Waals surface area contributed by atoms with E-state index >= 15 is 0 Å². The number of phosphoric acid groups is 1. The quantitative estimate of drug-likeness (QED) is 0.0311. The van der Waals surface area contributed by atoms with Gasteiger partial charge >= 0.3 is 7.82 Å². The Morgan fingerprint density at radius 3 is 1.83 bits per heavy atom. The molecule has 0 aromatic carbocycles. The molecule has 0 spiro atoms. The number of nitrogens with two attached hydrogens (primary N) is 1. The Morgan fingerprint density at radius 1 is 0.717 bits per heavy atom. The number of aliphatic hydroxyl groups excluding tert-OH is 1. The van der Waals surface area contributed by atoms with E-state index in [9.17, 15) is 19.4 Å². The standard InChI is InChI=1S/C37H69N2O6P/c1-3-5-7-9-11-13-15-16-17-18-19-21-23-25-27-29-31-37(41)39-35(34-45-46(42,43)44-33-32-38)36(40)30-28-26-24-22-20-14-12-10-8-6-4-2/h13,15,17-18,20,22,28,30,35-36,40H,3-12,14,16,19,21,23-27,29,31-34,38H2,1-2H3,(H,39,41)(H,42,43)/b15-13-,18-17-,22-20+,30-28+. The average molecular weight is 669 g/mol. The first-order valence-corrected chi connectivity index (χ1v) is 19.8. The third kappa shape index (κ3) is 31.1. The van der Waals surface area contributed by atoms with Gasteiger partial charge in [0.1, 0.15) is 0 Å². The Morgan fingerprint density at radius 2 is 1.22 bits per heavy atom. The maximum atomic E-state index is 12.7. The van der Waals surface area contributed by atoms with Crippen molar-refractivity contribution in [3.8, 4) is 0 Å². The lowest BCUT2D eigenvalue weighted by molar-refractivity contribution is -0.123. The van der Waals surface area contributed by atoms with Crippen LogP contribution in [0.1, 0.15) is 149 Å². The van der Waals surface area contributed by atoms with Crippen LogP contribution in [0.15, 0.2) is 48.6 Å². The maximum Gasteiger partial charge on any atom is 0.472 e. The largest absolute Gasteiger partial charge is 0.472 e. The Labute approximate surface area is 282 Å². The van der Waals surface area contributed by atoms with Gasteiger partial charge in [-0.2, -0.15) is 0 Å². The average Bonchev–Trinajstić information content (AvgIpc) is 3.04. The summed E-state index contributed by atoms with van der Waals surface area (Å²) >= 11 is 0. The number of rotatable bonds is 33. The highest BCUT2D eigenvalue weighted by molar-refractivity contribution is 7.47. The highest BCUT2D eigenvalue weighted by atomic mass is 31.2. The molecule has 5 N–H and O–H groups in total. The number of unbranched alkanes of at least 4 members (excludes halogenated alkanes) is 15. The van der Waals surface area contributed by atoms with Crippen molar-refractivity contribution in [2.45, 2.75) is 161 Å². The van der Waals surface area contributed by atoms with Gasteiger partial charge in [-0.1, -0.05) is 127 Å². The summed E-state index contributed by atoms with van der Waals surface area (Å²) in [5.41, 5.74) is 5.34. The third-order valence-corrected chi connectivity index (χ3v) is 8.61. The molecule has 3 unspecified atom stereocenters. The summed E-state index contributed by atoms with van der Waals surface area (Å²) in [7, 11) is -4.34. The first-order chi connectivity index (χ1) is 22.4. The summed E-state index contributed by atoms with van der Waals surface area (Å²) in [5, 5.41) is 13.5. The molecule has 0 aliphatic rings.